The predicted molar refractivity (Wildman–Crippen MR) is 107 cm³/mol. The lowest BCUT2D eigenvalue weighted by Crippen LogP contribution is -2.31. The Morgan fingerprint density at radius 2 is 2.21 bits per heavy atom. The van der Waals surface area contributed by atoms with E-state index in [-0.39, 0.29) is 17.8 Å². The maximum Gasteiger partial charge on any atom is 0.234 e. The molecule has 0 bridgehead atoms. The largest absolute Gasteiger partial charge is 0.489 e. The molecule has 3 heterocycles. The second-order valence-electron chi connectivity index (χ2n) is 7.48. The van der Waals surface area contributed by atoms with Crippen LogP contribution in [0.1, 0.15) is 30.7 Å². The highest BCUT2D eigenvalue weighted by Crippen LogP contribution is 2.47. The van der Waals surface area contributed by atoms with Crippen molar-refractivity contribution in [1.82, 2.24) is 20.4 Å². The van der Waals surface area contributed by atoms with Crippen molar-refractivity contribution in [2.75, 3.05) is 13.1 Å². The molecule has 0 radical (unpaired) electrons. The van der Waals surface area contributed by atoms with Gasteiger partial charge >= 0.3 is 0 Å². The molecule has 2 atom stereocenters. The lowest BCUT2D eigenvalue weighted by Gasteiger charge is -2.22. The van der Waals surface area contributed by atoms with Crippen molar-refractivity contribution < 1.29 is 9.26 Å². The topological polar surface area (TPSA) is 73.1 Å². The molecule has 28 heavy (non-hydrogen) atoms. The summed E-state index contributed by atoms with van der Waals surface area (Å²) in [5.41, 5.74) is 1.97. The Kier molecular flexibility index (Phi) is 5.33. The Morgan fingerprint density at radius 1 is 1.25 bits per heavy atom. The number of nitrogens with one attached hydrogen (secondary N) is 1. The zero-order chi connectivity index (χ0) is 18.1. The second kappa shape index (κ2) is 7.89. The summed E-state index contributed by atoms with van der Waals surface area (Å²) in [7, 11) is 0. The van der Waals surface area contributed by atoms with Crippen LogP contribution in [0.4, 0.5) is 0 Å². The minimum Gasteiger partial charge on any atom is -0.489 e. The van der Waals surface area contributed by atoms with Gasteiger partial charge in [-0.1, -0.05) is 29.8 Å². The molecule has 1 saturated carbocycles. The second-order valence-corrected chi connectivity index (χ2v) is 7.48. The SMILES string of the molecule is Cl.c1cncc(COc2cccc(-c3noc([C@@]45CCC[C@@H]4CNC5)n3)c2)c1. The van der Waals surface area contributed by atoms with Crippen molar-refractivity contribution in [2.24, 2.45) is 5.92 Å². The molecule has 0 unspecified atom stereocenters. The number of aromatic nitrogens is 3. The number of halogens is 1. The molecule has 1 N–H and O–H groups in total. The molecule has 3 aromatic rings. The Morgan fingerprint density at radius 3 is 3.11 bits per heavy atom. The van der Waals surface area contributed by atoms with Gasteiger partial charge in [0, 0.05) is 30.1 Å². The van der Waals surface area contributed by atoms with Gasteiger partial charge in [-0.15, -0.1) is 12.4 Å². The van der Waals surface area contributed by atoms with E-state index in [1.54, 1.807) is 6.20 Å². The zero-order valence-corrected chi connectivity index (χ0v) is 16.3. The number of hydrogen-bond donors (Lipinski definition) is 1. The van der Waals surface area contributed by atoms with Gasteiger partial charge in [-0.05, 0) is 43.5 Å². The molecule has 7 heteroatoms. The van der Waals surface area contributed by atoms with Gasteiger partial charge < -0.3 is 14.6 Å². The molecule has 2 aliphatic rings. The Hall–Kier alpha value is -2.44. The summed E-state index contributed by atoms with van der Waals surface area (Å²) in [4.78, 5) is 8.88. The van der Waals surface area contributed by atoms with Gasteiger partial charge in [0.05, 0.1) is 5.41 Å². The highest BCUT2D eigenvalue weighted by molar-refractivity contribution is 5.85. The molecule has 2 fully saturated rings. The molecule has 2 aromatic heterocycles. The van der Waals surface area contributed by atoms with Crippen LogP contribution < -0.4 is 10.1 Å². The van der Waals surface area contributed by atoms with Crippen LogP contribution >= 0.6 is 12.4 Å². The van der Waals surface area contributed by atoms with Gasteiger partial charge in [0.15, 0.2) is 0 Å². The van der Waals surface area contributed by atoms with Crippen molar-refractivity contribution in [3.05, 3.63) is 60.2 Å². The number of pyridine rings is 1. The van der Waals surface area contributed by atoms with Gasteiger partial charge in [-0.2, -0.15) is 4.98 Å². The number of ether oxygens (including phenoxy) is 1. The van der Waals surface area contributed by atoms with Crippen LogP contribution in [0.25, 0.3) is 11.4 Å². The molecule has 146 valence electrons. The summed E-state index contributed by atoms with van der Waals surface area (Å²) in [6.45, 7) is 2.47. The zero-order valence-electron chi connectivity index (χ0n) is 15.5. The van der Waals surface area contributed by atoms with E-state index in [0.717, 1.165) is 42.3 Å². The van der Waals surface area contributed by atoms with Crippen molar-refractivity contribution >= 4 is 12.4 Å². The summed E-state index contributed by atoms with van der Waals surface area (Å²) >= 11 is 0. The standard InChI is InChI=1S/C21H22N4O2.ClH/c1-5-16(10-18(7-1)26-13-15-4-3-9-22-11-15)19-24-20(27-25-19)21-8-2-6-17(21)12-23-14-21;/h1,3-5,7,9-11,17,23H,2,6,8,12-14H2;1H/t17-,21-;/m1./s1. The van der Waals surface area contributed by atoms with E-state index in [2.05, 4.69) is 15.5 Å². The van der Waals surface area contributed by atoms with E-state index in [1.807, 2.05) is 42.6 Å². The van der Waals surface area contributed by atoms with Gasteiger partial charge in [0.1, 0.15) is 12.4 Å². The summed E-state index contributed by atoms with van der Waals surface area (Å²) in [6.07, 6.45) is 7.17. The van der Waals surface area contributed by atoms with Crippen LogP contribution in [0.5, 0.6) is 5.75 Å². The van der Waals surface area contributed by atoms with Crippen LogP contribution in [0.3, 0.4) is 0 Å². The summed E-state index contributed by atoms with van der Waals surface area (Å²) < 4.78 is 11.6. The number of nitrogens with zero attached hydrogens (tertiary/aromatic N) is 3. The third-order valence-electron chi connectivity index (χ3n) is 5.86. The van der Waals surface area contributed by atoms with Gasteiger partial charge in [0.25, 0.3) is 0 Å². The van der Waals surface area contributed by atoms with E-state index >= 15 is 0 Å². The third-order valence-corrected chi connectivity index (χ3v) is 5.86. The summed E-state index contributed by atoms with van der Waals surface area (Å²) in [6, 6.07) is 11.7. The Bertz CT molecular complexity index is 921. The van der Waals surface area contributed by atoms with Crippen LogP contribution in [0.2, 0.25) is 0 Å². The van der Waals surface area contributed by atoms with E-state index in [0.29, 0.717) is 18.3 Å². The van der Waals surface area contributed by atoms with Crippen LogP contribution in [-0.4, -0.2) is 28.2 Å². The third kappa shape index (κ3) is 3.38. The number of rotatable bonds is 5. The minimum atomic E-state index is 0. The molecule has 1 aliphatic carbocycles. The molecule has 1 aliphatic heterocycles. The molecule has 5 rings (SSSR count). The van der Waals surface area contributed by atoms with Gasteiger partial charge in [0.2, 0.25) is 11.7 Å². The smallest absolute Gasteiger partial charge is 0.234 e. The molecular formula is C21H23ClN4O2. The molecule has 6 nitrogen and oxygen atoms in total. The molecule has 0 spiro atoms. The molecule has 1 aromatic carbocycles. The fraction of sp³-hybridized carbons (Fsp3) is 0.381. The average Bonchev–Trinajstić information content (AvgIpc) is 3.42. The van der Waals surface area contributed by atoms with E-state index in [9.17, 15) is 0 Å². The molecule has 0 amide bonds. The van der Waals surface area contributed by atoms with E-state index in [4.69, 9.17) is 14.2 Å². The van der Waals surface area contributed by atoms with Crippen molar-refractivity contribution in [3.8, 4) is 17.1 Å². The first-order valence-corrected chi connectivity index (χ1v) is 9.51. The maximum atomic E-state index is 5.89. The monoisotopic (exact) mass is 398 g/mol. The highest BCUT2D eigenvalue weighted by atomic mass is 35.5. The first kappa shape index (κ1) is 18.9. The summed E-state index contributed by atoms with van der Waals surface area (Å²) in [5.74, 6) is 2.80. The molecule has 1 saturated heterocycles. The van der Waals surface area contributed by atoms with Crippen LogP contribution in [-0.2, 0) is 12.0 Å². The van der Waals surface area contributed by atoms with Crippen molar-refractivity contribution in [2.45, 2.75) is 31.3 Å². The minimum absolute atomic E-state index is 0. The van der Waals surface area contributed by atoms with Gasteiger partial charge in [-0.3, -0.25) is 4.98 Å². The fourth-order valence-corrected chi connectivity index (χ4v) is 4.42. The van der Waals surface area contributed by atoms with Crippen molar-refractivity contribution in [3.63, 3.8) is 0 Å². The van der Waals surface area contributed by atoms with Gasteiger partial charge in [-0.25, -0.2) is 0 Å². The Labute approximate surface area is 170 Å². The predicted octanol–water partition coefficient (Wildman–Crippen LogP) is 3.77. The number of benzene rings is 1. The maximum absolute atomic E-state index is 5.89. The van der Waals surface area contributed by atoms with Crippen molar-refractivity contribution in [1.29, 1.82) is 0 Å². The van der Waals surface area contributed by atoms with Crippen LogP contribution in [0, 0.1) is 5.92 Å². The number of fused-ring (bicyclic) bond motifs is 1. The Balaban J connectivity index is 0.00000192. The highest BCUT2D eigenvalue weighted by Gasteiger charge is 2.51. The van der Waals surface area contributed by atoms with Crippen LogP contribution in [0.15, 0.2) is 53.3 Å². The normalized spacial score (nSPS) is 23.2. The first-order valence-electron chi connectivity index (χ1n) is 9.51. The summed E-state index contributed by atoms with van der Waals surface area (Å²) in [5, 5.41) is 7.77. The van der Waals surface area contributed by atoms with E-state index < -0.39 is 0 Å². The van der Waals surface area contributed by atoms with E-state index in [1.165, 1.54) is 12.8 Å². The fourth-order valence-electron chi connectivity index (χ4n) is 4.42. The molecular weight excluding hydrogens is 376 g/mol. The average molecular weight is 399 g/mol. The first-order chi connectivity index (χ1) is 13.3. The number of hydrogen-bond acceptors (Lipinski definition) is 6. The lowest BCUT2D eigenvalue weighted by molar-refractivity contribution is 0.265. The lowest BCUT2D eigenvalue weighted by atomic mass is 9.80. The quantitative estimate of drug-likeness (QED) is 0.705.